The lowest BCUT2D eigenvalue weighted by molar-refractivity contribution is -0.160. The maximum atomic E-state index is 14.9. The van der Waals surface area contributed by atoms with Crippen LogP contribution in [0.4, 0.5) is 0 Å². The van der Waals surface area contributed by atoms with Gasteiger partial charge in [0, 0.05) is 68.9 Å². The molecule has 0 unspecified atom stereocenters. The third kappa shape index (κ3) is 8.28. The van der Waals surface area contributed by atoms with E-state index < -0.39 is 83.1 Å². The minimum Gasteiger partial charge on any atom is -0.507 e. The number of phenolic OH excluding ortho intramolecular Hbond substituents is 1. The van der Waals surface area contributed by atoms with Crippen LogP contribution in [0, 0.1) is 30.6 Å². The highest BCUT2D eigenvalue weighted by Gasteiger charge is 2.52. The van der Waals surface area contributed by atoms with Crippen molar-refractivity contribution in [3.05, 3.63) is 69.8 Å². The van der Waals surface area contributed by atoms with E-state index in [-0.39, 0.29) is 77.0 Å². The second kappa shape index (κ2) is 17.9. The number of aliphatic hydroxyl groups excluding tert-OH is 2. The summed E-state index contributed by atoms with van der Waals surface area (Å²) in [5.74, 6) is -7.50. The number of ether oxygens (including phenoxy) is 5. The van der Waals surface area contributed by atoms with E-state index >= 15 is 0 Å². The number of ketones is 2. The summed E-state index contributed by atoms with van der Waals surface area (Å²) in [7, 11) is 2.75. The predicted octanol–water partition coefficient (Wildman–Crippen LogP) is 3.46. The Balaban J connectivity index is 1.71. The van der Waals surface area contributed by atoms with Gasteiger partial charge in [-0.15, -0.1) is 0 Å². The Morgan fingerprint density at radius 1 is 0.948 bits per heavy atom. The average molecular weight is 810 g/mol. The van der Waals surface area contributed by atoms with Crippen molar-refractivity contribution in [3.8, 4) is 11.5 Å². The summed E-state index contributed by atoms with van der Waals surface area (Å²) in [6.45, 7) is 13.7. The van der Waals surface area contributed by atoms with Crippen LogP contribution >= 0.6 is 0 Å². The predicted molar refractivity (Wildman–Crippen MR) is 210 cm³/mol. The van der Waals surface area contributed by atoms with Gasteiger partial charge in [0.05, 0.1) is 54.5 Å². The van der Waals surface area contributed by atoms with Gasteiger partial charge in [-0.2, -0.15) is 0 Å². The zero-order valence-corrected chi connectivity index (χ0v) is 34.7. The number of aliphatic hydroxyl groups is 2. The van der Waals surface area contributed by atoms with Gasteiger partial charge in [0.1, 0.15) is 36.1 Å². The fraction of sp³-hybridized carbons (Fsp3) is 0.548. The van der Waals surface area contributed by atoms with Gasteiger partial charge in [-0.25, -0.2) is 0 Å². The van der Waals surface area contributed by atoms with Crippen molar-refractivity contribution in [2.24, 2.45) is 28.8 Å². The smallest absolute Gasteiger partial charge is 0.302 e. The molecule has 0 radical (unpaired) electrons. The van der Waals surface area contributed by atoms with Crippen molar-refractivity contribution >= 4 is 29.2 Å². The molecule has 1 fully saturated rings. The van der Waals surface area contributed by atoms with E-state index in [1.807, 2.05) is 0 Å². The molecule has 316 valence electrons. The molecular weight excluding hydrogens is 754 g/mol. The van der Waals surface area contributed by atoms with Crippen LogP contribution < -0.4 is 10.1 Å². The molecule has 0 saturated carbocycles. The zero-order chi connectivity index (χ0) is 42.8. The second-order valence-corrected chi connectivity index (χ2v) is 15.4. The van der Waals surface area contributed by atoms with Crippen LogP contribution in [-0.2, 0) is 33.4 Å². The number of nitrogens with one attached hydrogen (secondary N) is 1. The summed E-state index contributed by atoms with van der Waals surface area (Å²) in [4.78, 5) is 62.5. The van der Waals surface area contributed by atoms with Crippen LogP contribution in [0.25, 0.3) is 0 Å². The van der Waals surface area contributed by atoms with E-state index in [0.29, 0.717) is 0 Å². The van der Waals surface area contributed by atoms with E-state index in [1.165, 1.54) is 54.3 Å². The first-order valence-electron chi connectivity index (χ1n) is 19.3. The van der Waals surface area contributed by atoms with Crippen molar-refractivity contribution < 1.29 is 63.0 Å². The number of nitrogens with zero attached hydrogens (tertiary/aromatic N) is 2. The number of allylic oxidation sites excluding steroid dienone is 4. The van der Waals surface area contributed by atoms with Crippen molar-refractivity contribution in [2.45, 2.75) is 85.6 Å². The van der Waals surface area contributed by atoms with Gasteiger partial charge >= 0.3 is 5.97 Å². The van der Waals surface area contributed by atoms with Crippen LogP contribution in [0.15, 0.2) is 52.7 Å². The van der Waals surface area contributed by atoms with Crippen LogP contribution in [0.3, 0.4) is 0 Å². The molecule has 1 aromatic carbocycles. The third-order valence-corrected chi connectivity index (χ3v) is 11.5. The Morgan fingerprint density at radius 2 is 1.62 bits per heavy atom. The Morgan fingerprint density at radius 3 is 2.24 bits per heavy atom. The summed E-state index contributed by atoms with van der Waals surface area (Å²) < 4.78 is 29.7. The Labute approximate surface area is 338 Å². The minimum atomic E-state index is -1.80. The molecule has 1 aliphatic carbocycles. The van der Waals surface area contributed by atoms with Gasteiger partial charge in [0.25, 0.3) is 11.7 Å². The number of esters is 1. The van der Waals surface area contributed by atoms with Crippen LogP contribution in [0.2, 0.25) is 0 Å². The van der Waals surface area contributed by atoms with Gasteiger partial charge in [-0.05, 0) is 19.9 Å². The maximum Gasteiger partial charge on any atom is 0.302 e. The number of morpholine rings is 1. The number of hydrogen-bond acceptors (Lipinski definition) is 15. The van der Waals surface area contributed by atoms with Gasteiger partial charge in [0.2, 0.25) is 11.6 Å². The number of hydrogen-bond donors (Lipinski definition) is 4. The van der Waals surface area contributed by atoms with Crippen molar-refractivity contribution in [1.29, 1.82) is 0 Å². The number of carbonyl (C=O) groups is 4. The highest BCUT2D eigenvalue weighted by molar-refractivity contribution is 6.33. The molecular formula is C42H55N3O13. The number of aromatic hydroxyl groups is 1. The van der Waals surface area contributed by atoms with Gasteiger partial charge in [-0.3, -0.25) is 19.2 Å². The number of benzene rings is 1. The highest BCUT2D eigenvalue weighted by Crippen LogP contribution is 2.49. The molecule has 16 nitrogen and oxygen atoms in total. The monoisotopic (exact) mass is 809 g/mol. The number of rotatable bonds is 4. The van der Waals surface area contributed by atoms with Crippen LogP contribution in [-0.4, -0.2) is 120 Å². The summed E-state index contributed by atoms with van der Waals surface area (Å²) >= 11 is 0. The quantitative estimate of drug-likeness (QED) is 0.254. The molecule has 1 saturated heterocycles. The van der Waals surface area contributed by atoms with Gasteiger partial charge in [0.15, 0.2) is 5.71 Å². The number of fused-ring (bicyclic) bond motifs is 14. The fourth-order valence-electron chi connectivity index (χ4n) is 8.00. The normalized spacial score (nSPS) is 33.8. The summed E-state index contributed by atoms with van der Waals surface area (Å²) in [5.41, 5.74) is -0.664. The van der Waals surface area contributed by atoms with E-state index in [1.54, 1.807) is 50.8 Å². The van der Waals surface area contributed by atoms with Crippen molar-refractivity contribution in [3.63, 3.8) is 0 Å². The molecule has 9 atom stereocenters. The second-order valence-electron chi connectivity index (χ2n) is 15.4. The molecule has 0 spiro atoms. The standard InChI is InChI=1S/C42H55N3O13/c1-20-12-11-13-21(2)41(52)43-31-32(45-15-18-55-19-16-45)37(51)28-29(36(31)50)35(49)25(6)39-30(28)40(44-54-10)42(8,58-39)56-17-14-27(53-9)22(3)38(57-26(7)46)24(5)34(48)23(4)33(20)47/h11-14,17,20,22-24,27,33-34,38,47-49H,15-16,18-19H2,1-10H3,(H,43,52)/b12-11+,17-14+,21-13-,44-40-/t20-,22+,23+,24+,27-,33-,34+,38+,42-/m0/s1. The molecule has 1 amide bonds. The number of Topliss-reactive ketones (excluding diaryl/α,β-unsaturated/α-hetero) is 2. The fourth-order valence-corrected chi connectivity index (χ4v) is 8.00. The maximum absolute atomic E-state index is 14.9. The zero-order valence-electron chi connectivity index (χ0n) is 34.7. The molecule has 58 heavy (non-hydrogen) atoms. The van der Waals surface area contributed by atoms with E-state index in [2.05, 4.69) is 10.5 Å². The molecule has 1 aromatic rings. The Hall–Kier alpha value is -5.03. The summed E-state index contributed by atoms with van der Waals surface area (Å²) in [5, 5.41) is 41.4. The van der Waals surface area contributed by atoms with Gasteiger partial charge < -0.3 is 54.1 Å². The lowest BCUT2D eigenvalue weighted by Gasteiger charge is -2.38. The topological polar surface area (TPSA) is 212 Å². The number of methoxy groups -OCH3 is 1. The SMILES string of the molecule is CO/N=C1/c2c3c(C)c(O)c4c2C(=O)C(N2CCOCC2)=C(NC(=O)/C(C)=C\C=C\[C@H](C)[C@H](O)[C@@H](C)[C@@H](O)[C@@H](C)[C@H](OC(C)=O)[C@H](C)[C@@H](OC)/C=C/O[C@@]1(C)O3)C4=O. The number of carbonyl (C=O) groups excluding carboxylic acids is 4. The van der Waals surface area contributed by atoms with Crippen molar-refractivity contribution in [2.75, 3.05) is 40.5 Å². The highest BCUT2D eigenvalue weighted by atomic mass is 16.7. The molecule has 6 rings (SSSR count). The number of oxime groups is 1. The molecule has 16 heteroatoms. The molecule has 0 aromatic heterocycles. The van der Waals surface area contributed by atoms with Crippen LogP contribution in [0.1, 0.15) is 80.3 Å². The Kier molecular flexibility index (Phi) is 13.6. The first-order chi connectivity index (χ1) is 27.4. The molecule has 4 heterocycles. The molecule has 4 aliphatic heterocycles. The average Bonchev–Trinajstić information content (AvgIpc) is 3.48. The first-order valence-corrected chi connectivity index (χ1v) is 19.3. The number of phenols is 1. The molecule has 5 bridgehead atoms. The lowest BCUT2D eigenvalue weighted by Crippen LogP contribution is -2.46. The van der Waals surface area contributed by atoms with Crippen LogP contribution in [0.5, 0.6) is 11.5 Å². The third-order valence-electron chi connectivity index (χ3n) is 11.5. The van der Waals surface area contributed by atoms with E-state index in [4.69, 9.17) is 28.5 Å². The minimum absolute atomic E-state index is 0.0222. The molecule has 4 N–H and O–H groups in total. The summed E-state index contributed by atoms with van der Waals surface area (Å²) in [6.07, 6.45) is 3.78. The lowest BCUT2D eigenvalue weighted by atomic mass is 9.78. The van der Waals surface area contributed by atoms with E-state index in [9.17, 15) is 34.5 Å². The van der Waals surface area contributed by atoms with Crippen molar-refractivity contribution in [1.82, 2.24) is 10.2 Å². The summed E-state index contributed by atoms with van der Waals surface area (Å²) in [6, 6.07) is 0. The molecule has 5 aliphatic rings. The van der Waals surface area contributed by atoms with E-state index in [0.717, 1.165) is 0 Å². The number of amides is 1. The Bertz CT molecular complexity index is 1960. The largest absolute Gasteiger partial charge is 0.507 e. The first kappa shape index (κ1) is 44.1. The van der Waals surface area contributed by atoms with Gasteiger partial charge in [-0.1, -0.05) is 51.1 Å².